The maximum Gasteiger partial charge on any atom is 0.421 e. The van der Waals surface area contributed by atoms with Gasteiger partial charge in [-0.1, -0.05) is 0 Å². The van der Waals surface area contributed by atoms with Crippen molar-refractivity contribution in [3.8, 4) is 10.6 Å². The van der Waals surface area contributed by atoms with Gasteiger partial charge in [0.2, 0.25) is 0 Å². The zero-order valence-electron chi connectivity index (χ0n) is 22.0. The molecule has 12 heteroatoms. The van der Waals surface area contributed by atoms with Crippen LogP contribution in [0, 0.1) is 0 Å². The van der Waals surface area contributed by atoms with Gasteiger partial charge in [0.05, 0.1) is 17.6 Å². The minimum absolute atomic E-state index is 0.0802. The monoisotopic (exact) mass is 552 g/mol. The van der Waals surface area contributed by atoms with Gasteiger partial charge in [0.15, 0.2) is 11.2 Å². The second-order valence-electron chi connectivity index (χ2n) is 11.0. The summed E-state index contributed by atoms with van der Waals surface area (Å²) in [6.07, 6.45) is -0.756. The number of amides is 1. The van der Waals surface area contributed by atoms with E-state index < -0.39 is 17.4 Å². The number of anilines is 1. The highest BCUT2D eigenvalue weighted by Gasteiger charge is 2.53. The lowest BCUT2D eigenvalue weighted by molar-refractivity contribution is -0.269. The number of methoxy groups -OCH3 is 1. The molecule has 5 rings (SSSR count). The number of piperazine rings is 1. The smallest absolute Gasteiger partial charge is 0.421 e. The summed E-state index contributed by atoms with van der Waals surface area (Å²) in [5.41, 5.74) is -2.15. The van der Waals surface area contributed by atoms with Crippen LogP contribution in [-0.4, -0.2) is 65.0 Å². The van der Waals surface area contributed by atoms with Crippen LogP contribution in [0.1, 0.15) is 52.5 Å². The van der Waals surface area contributed by atoms with Crippen molar-refractivity contribution in [2.24, 2.45) is 0 Å². The average molecular weight is 553 g/mol. The molecule has 3 unspecified atom stereocenters. The normalized spacial score (nSPS) is 22.0. The van der Waals surface area contributed by atoms with Crippen LogP contribution < -0.4 is 4.90 Å². The molecule has 206 valence electrons. The van der Waals surface area contributed by atoms with E-state index in [0.29, 0.717) is 35.3 Å². The molecule has 2 aromatic heterocycles. The molecule has 1 aromatic carbocycles. The summed E-state index contributed by atoms with van der Waals surface area (Å²) in [5, 5.41) is 2.27. The lowest BCUT2D eigenvalue weighted by Crippen LogP contribution is -2.63. The molecule has 3 atom stereocenters. The molecule has 4 heterocycles. The predicted octanol–water partition coefficient (Wildman–Crippen LogP) is 6.35. The molecule has 1 amide bonds. The number of alkyl halides is 3. The fourth-order valence-electron chi connectivity index (χ4n) is 5.22. The Bertz CT molecular complexity index is 1310. The van der Waals surface area contributed by atoms with Crippen molar-refractivity contribution in [3.63, 3.8) is 0 Å². The van der Waals surface area contributed by atoms with E-state index in [9.17, 15) is 18.0 Å². The lowest BCUT2D eigenvalue weighted by atomic mass is 9.92. The van der Waals surface area contributed by atoms with E-state index in [0.717, 1.165) is 33.3 Å². The van der Waals surface area contributed by atoms with Crippen molar-refractivity contribution in [1.82, 2.24) is 14.9 Å². The van der Waals surface area contributed by atoms with Crippen molar-refractivity contribution in [2.45, 2.75) is 76.4 Å². The molecule has 0 spiro atoms. The Morgan fingerprint density at radius 3 is 2.37 bits per heavy atom. The zero-order valence-corrected chi connectivity index (χ0v) is 22.8. The number of piperidine rings is 1. The number of hydrogen-bond acceptors (Lipinski definition) is 8. The SMILES string of the molecule is COC(C)(c1cc(-c2nccs2)c2oc(N3CC4CCCC(C3)N4C(=O)OC(C)(C)C)nc2c1)C(F)(F)F. The first-order valence-electron chi connectivity index (χ1n) is 12.5. The number of carbonyl (C=O) groups is 1. The number of thiazole rings is 1. The highest BCUT2D eigenvalue weighted by molar-refractivity contribution is 7.13. The number of nitrogens with zero attached hydrogens (tertiary/aromatic N) is 4. The van der Waals surface area contributed by atoms with Crippen LogP contribution in [0.5, 0.6) is 0 Å². The first kappa shape index (κ1) is 26.7. The number of halogens is 3. The summed E-state index contributed by atoms with van der Waals surface area (Å²) >= 11 is 1.30. The molecule has 3 aromatic rings. The Morgan fingerprint density at radius 2 is 1.82 bits per heavy atom. The average Bonchev–Trinajstić information content (AvgIpc) is 3.50. The van der Waals surface area contributed by atoms with Gasteiger partial charge in [-0.25, -0.2) is 9.78 Å². The second-order valence-corrected chi connectivity index (χ2v) is 11.9. The molecule has 2 aliphatic rings. The standard InChI is InChI=1S/C26H31F3N4O4S/c1-24(2,3)37-23(34)33-16-7-6-8-17(33)14-32(13-16)22-31-19-12-15(25(4,35-5)26(27,28)29)11-18(20(19)36-22)21-30-9-10-38-21/h9-12,16-17H,6-8,13-14H2,1-5H3. The second kappa shape index (κ2) is 9.41. The van der Waals surface area contributed by atoms with Gasteiger partial charge in [0.25, 0.3) is 6.01 Å². The Kier molecular flexibility index (Phi) is 6.62. The van der Waals surface area contributed by atoms with Crippen molar-refractivity contribution in [3.05, 3.63) is 29.3 Å². The van der Waals surface area contributed by atoms with Crippen molar-refractivity contribution >= 4 is 34.5 Å². The number of fused-ring (bicyclic) bond motifs is 3. The van der Waals surface area contributed by atoms with Gasteiger partial charge in [0.1, 0.15) is 16.1 Å². The molecule has 2 bridgehead atoms. The summed E-state index contributed by atoms with van der Waals surface area (Å²) in [6, 6.07) is 2.94. The van der Waals surface area contributed by atoms with Crippen molar-refractivity contribution in [1.29, 1.82) is 0 Å². The molecule has 2 saturated heterocycles. The van der Waals surface area contributed by atoms with Gasteiger partial charge in [-0.15, -0.1) is 11.3 Å². The Morgan fingerprint density at radius 1 is 1.13 bits per heavy atom. The van der Waals surface area contributed by atoms with Crippen LogP contribution in [0.2, 0.25) is 0 Å². The van der Waals surface area contributed by atoms with Gasteiger partial charge in [0, 0.05) is 31.8 Å². The van der Waals surface area contributed by atoms with E-state index in [1.807, 2.05) is 30.6 Å². The van der Waals surface area contributed by atoms with Gasteiger partial charge in [-0.05, 0) is 64.7 Å². The third-order valence-corrected chi connectivity index (χ3v) is 8.05. The fourth-order valence-corrected chi connectivity index (χ4v) is 5.87. The molecular formula is C26H31F3N4O4S. The molecule has 0 aliphatic carbocycles. The van der Waals surface area contributed by atoms with Crippen LogP contribution >= 0.6 is 11.3 Å². The maximum atomic E-state index is 14.1. The molecule has 2 fully saturated rings. The first-order chi connectivity index (χ1) is 17.8. The largest absolute Gasteiger partial charge is 0.444 e. The van der Waals surface area contributed by atoms with E-state index >= 15 is 0 Å². The first-order valence-corrected chi connectivity index (χ1v) is 13.4. The lowest BCUT2D eigenvalue weighted by Gasteiger charge is -2.49. The van der Waals surface area contributed by atoms with E-state index in [-0.39, 0.29) is 29.3 Å². The molecule has 8 nitrogen and oxygen atoms in total. The molecule has 0 N–H and O–H groups in total. The van der Waals surface area contributed by atoms with Crippen LogP contribution in [-0.2, 0) is 15.1 Å². The quantitative estimate of drug-likeness (QED) is 0.373. The van der Waals surface area contributed by atoms with Crippen molar-refractivity contribution < 1.29 is 31.9 Å². The Labute approximate surface area is 222 Å². The maximum absolute atomic E-state index is 14.1. The van der Waals surface area contributed by atoms with Gasteiger partial charge < -0.3 is 18.8 Å². The minimum Gasteiger partial charge on any atom is -0.444 e. The molecular weight excluding hydrogens is 521 g/mol. The van der Waals surface area contributed by atoms with E-state index in [4.69, 9.17) is 13.9 Å². The highest BCUT2D eigenvalue weighted by atomic mass is 32.1. The zero-order chi connectivity index (χ0) is 27.5. The Balaban J connectivity index is 1.53. The third-order valence-electron chi connectivity index (χ3n) is 7.24. The van der Waals surface area contributed by atoms with Crippen LogP contribution in [0.3, 0.4) is 0 Å². The predicted molar refractivity (Wildman–Crippen MR) is 137 cm³/mol. The fraction of sp³-hybridized carbons (Fsp3) is 0.577. The number of oxazole rings is 1. The summed E-state index contributed by atoms with van der Waals surface area (Å²) in [4.78, 5) is 25.7. The minimum atomic E-state index is -4.66. The van der Waals surface area contributed by atoms with Crippen LogP contribution in [0.4, 0.5) is 24.0 Å². The number of benzene rings is 1. The van der Waals surface area contributed by atoms with E-state index in [2.05, 4.69) is 9.97 Å². The summed E-state index contributed by atoms with van der Waals surface area (Å²) in [5.74, 6) is 0. The molecule has 0 radical (unpaired) electrons. The van der Waals surface area contributed by atoms with E-state index in [1.54, 1.807) is 11.6 Å². The van der Waals surface area contributed by atoms with Crippen LogP contribution in [0.15, 0.2) is 28.1 Å². The number of aromatic nitrogens is 2. The molecule has 38 heavy (non-hydrogen) atoms. The summed E-state index contributed by atoms with van der Waals surface area (Å²) < 4.78 is 59.1. The van der Waals surface area contributed by atoms with Gasteiger partial charge in [-0.3, -0.25) is 4.90 Å². The molecule has 2 aliphatic heterocycles. The number of ether oxygens (including phenoxy) is 2. The third kappa shape index (κ3) is 4.72. The van der Waals surface area contributed by atoms with E-state index in [1.165, 1.54) is 23.5 Å². The van der Waals surface area contributed by atoms with Crippen LogP contribution in [0.25, 0.3) is 21.7 Å². The number of rotatable bonds is 4. The number of carbonyl (C=O) groups excluding carboxylic acids is 1. The van der Waals surface area contributed by atoms with Crippen molar-refractivity contribution in [2.75, 3.05) is 25.1 Å². The summed E-state index contributed by atoms with van der Waals surface area (Å²) in [7, 11) is 1.04. The molecule has 0 saturated carbocycles. The Hall–Kier alpha value is -2.86. The number of hydrogen-bond donors (Lipinski definition) is 0. The van der Waals surface area contributed by atoms with Gasteiger partial charge >= 0.3 is 12.3 Å². The summed E-state index contributed by atoms with van der Waals surface area (Å²) in [6.45, 7) is 7.50. The van der Waals surface area contributed by atoms with Gasteiger partial charge in [-0.2, -0.15) is 18.2 Å². The highest BCUT2D eigenvalue weighted by Crippen LogP contribution is 2.45. The topological polar surface area (TPSA) is 80.9 Å².